The number of rotatable bonds is 1. The molecule has 0 radical (unpaired) electrons. The molecule has 6 heteroatoms. The third-order valence-electron chi connectivity index (χ3n) is 2.32. The molecule has 1 aliphatic rings. The Kier molecular flexibility index (Phi) is 3.13. The van der Waals surface area contributed by atoms with Gasteiger partial charge < -0.3 is 10.4 Å². The number of aromatic carboxylic acids is 1. The van der Waals surface area contributed by atoms with E-state index in [2.05, 4.69) is 10.4 Å². The van der Waals surface area contributed by atoms with Crippen LogP contribution in [0.4, 0.5) is 0 Å². The van der Waals surface area contributed by atoms with Crippen LogP contribution in [0.2, 0.25) is 0 Å². The van der Waals surface area contributed by atoms with Crippen LogP contribution in [0.1, 0.15) is 21.7 Å². The van der Waals surface area contributed by atoms with Crippen LogP contribution in [-0.4, -0.2) is 27.4 Å². The minimum Gasteiger partial charge on any atom is -0.476 e. The van der Waals surface area contributed by atoms with Gasteiger partial charge in [0.15, 0.2) is 5.69 Å². The Labute approximate surface area is 87.5 Å². The Balaban J connectivity index is 0.000000980. The summed E-state index contributed by atoms with van der Waals surface area (Å²) in [5, 5.41) is 16.0. The molecule has 0 aromatic carbocycles. The Bertz CT molecular complexity index is 362. The van der Waals surface area contributed by atoms with E-state index in [4.69, 9.17) is 5.11 Å². The Morgan fingerprint density at radius 1 is 1.64 bits per heavy atom. The van der Waals surface area contributed by atoms with Crippen LogP contribution >= 0.6 is 12.4 Å². The fourth-order valence-electron chi connectivity index (χ4n) is 1.68. The van der Waals surface area contributed by atoms with Crippen molar-refractivity contribution in [2.24, 2.45) is 7.05 Å². The number of fused-ring (bicyclic) bond motifs is 1. The van der Waals surface area contributed by atoms with Crippen LogP contribution in [0.25, 0.3) is 0 Å². The number of aromatic nitrogens is 2. The van der Waals surface area contributed by atoms with Gasteiger partial charge in [0.05, 0.1) is 5.69 Å². The zero-order valence-corrected chi connectivity index (χ0v) is 8.60. The number of halogens is 1. The largest absolute Gasteiger partial charge is 0.476 e. The number of nitrogens with one attached hydrogen (secondary N) is 1. The molecule has 0 atom stereocenters. The number of carboxylic acids is 1. The molecule has 1 aliphatic heterocycles. The molecule has 1 aromatic rings. The highest BCUT2D eigenvalue weighted by atomic mass is 35.5. The maximum Gasteiger partial charge on any atom is 0.356 e. The van der Waals surface area contributed by atoms with Crippen molar-refractivity contribution in [3.8, 4) is 0 Å². The molecule has 78 valence electrons. The van der Waals surface area contributed by atoms with Gasteiger partial charge in [-0.2, -0.15) is 5.10 Å². The monoisotopic (exact) mass is 217 g/mol. The van der Waals surface area contributed by atoms with Crippen LogP contribution in [0.5, 0.6) is 0 Å². The quantitative estimate of drug-likeness (QED) is 0.705. The Morgan fingerprint density at radius 3 is 3.00 bits per heavy atom. The van der Waals surface area contributed by atoms with E-state index in [1.165, 1.54) is 0 Å². The summed E-state index contributed by atoms with van der Waals surface area (Å²) >= 11 is 0. The summed E-state index contributed by atoms with van der Waals surface area (Å²) < 4.78 is 1.64. The van der Waals surface area contributed by atoms with Crippen molar-refractivity contribution in [3.63, 3.8) is 0 Å². The van der Waals surface area contributed by atoms with Gasteiger partial charge >= 0.3 is 5.97 Å². The minimum atomic E-state index is -0.932. The molecule has 0 saturated carbocycles. The molecule has 0 bridgehead atoms. The van der Waals surface area contributed by atoms with E-state index in [1.54, 1.807) is 11.7 Å². The summed E-state index contributed by atoms with van der Waals surface area (Å²) in [7, 11) is 1.78. The van der Waals surface area contributed by atoms with E-state index >= 15 is 0 Å². The highest BCUT2D eigenvalue weighted by Crippen LogP contribution is 2.17. The lowest BCUT2D eigenvalue weighted by molar-refractivity contribution is 0.0688. The number of carbonyl (C=O) groups is 1. The summed E-state index contributed by atoms with van der Waals surface area (Å²) in [4.78, 5) is 10.8. The lowest BCUT2D eigenvalue weighted by atomic mass is 10.1. The molecule has 0 saturated heterocycles. The fourth-order valence-corrected chi connectivity index (χ4v) is 1.68. The smallest absolute Gasteiger partial charge is 0.356 e. The van der Waals surface area contributed by atoms with Gasteiger partial charge in [-0.1, -0.05) is 0 Å². The molecule has 14 heavy (non-hydrogen) atoms. The first-order valence-corrected chi connectivity index (χ1v) is 4.19. The summed E-state index contributed by atoms with van der Waals surface area (Å²) in [6.07, 6.45) is 0.755. The second kappa shape index (κ2) is 3.98. The van der Waals surface area contributed by atoms with Gasteiger partial charge in [0.25, 0.3) is 0 Å². The van der Waals surface area contributed by atoms with Crippen molar-refractivity contribution in [2.75, 3.05) is 6.54 Å². The van der Waals surface area contributed by atoms with Gasteiger partial charge in [-0.25, -0.2) is 4.79 Å². The van der Waals surface area contributed by atoms with Crippen molar-refractivity contribution in [3.05, 3.63) is 17.0 Å². The lowest BCUT2D eigenvalue weighted by Gasteiger charge is -2.13. The van der Waals surface area contributed by atoms with E-state index in [9.17, 15) is 4.79 Å². The summed E-state index contributed by atoms with van der Waals surface area (Å²) in [5.74, 6) is -0.932. The third-order valence-corrected chi connectivity index (χ3v) is 2.32. The lowest BCUT2D eigenvalue weighted by Crippen LogP contribution is -2.25. The van der Waals surface area contributed by atoms with Crippen molar-refractivity contribution in [2.45, 2.75) is 13.0 Å². The highest BCUT2D eigenvalue weighted by molar-refractivity contribution is 5.87. The van der Waals surface area contributed by atoms with E-state index in [0.29, 0.717) is 6.54 Å². The first kappa shape index (κ1) is 11.0. The van der Waals surface area contributed by atoms with Crippen molar-refractivity contribution in [1.29, 1.82) is 0 Å². The van der Waals surface area contributed by atoms with Gasteiger partial charge in [0.2, 0.25) is 0 Å². The number of carboxylic acid groups (broad SMARTS) is 1. The molecule has 0 unspecified atom stereocenters. The van der Waals surface area contributed by atoms with Crippen LogP contribution < -0.4 is 5.32 Å². The second-order valence-corrected chi connectivity index (χ2v) is 3.13. The zero-order valence-electron chi connectivity index (χ0n) is 7.78. The van der Waals surface area contributed by atoms with Crippen LogP contribution in [-0.2, 0) is 20.0 Å². The molecule has 0 fully saturated rings. The molecule has 2 N–H and O–H groups in total. The first-order valence-electron chi connectivity index (χ1n) is 4.19. The van der Waals surface area contributed by atoms with Crippen molar-refractivity contribution < 1.29 is 9.90 Å². The molecular weight excluding hydrogens is 206 g/mol. The SMILES string of the molecule is Cl.Cn1nc(C(=O)O)c2c1CNCC2. The second-order valence-electron chi connectivity index (χ2n) is 3.13. The number of hydrogen-bond donors (Lipinski definition) is 2. The third kappa shape index (κ3) is 1.60. The predicted molar refractivity (Wildman–Crippen MR) is 52.8 cm³/mol. The highest BCUT2D eigenvalue weighted by Gasteiger charge is 2.22. The molecule has 5 nitrogen and oxygen atoms in total. The molecule has 1 aromatic heterocycles. The average molecular weight is 218 g/mol. The standard InChI is InChI=1S/C8H11N3O2.ClH/c1-11-6-4-9-3-2-5(6)7(10-11)8(12)13;/h9H,2-4H2,1H3,(H,12,13);1H. The Morgan fingerprint density at radius 2 is 2.36 bits per heavy atom. The molecule has 2 heterocycles. The van der Waals surface area contributed by atoms with Crippen LogP contribution in [0.15, 0.2) is 0 Å². The van der Waals surface area contributed by atoms with Gasteiger partial charge in [-0.15, -0.1) is 12.4 Å². The zero-order chi connectivity index (χ0) is 9.42. The van der Waals surface area contributed by atoms with Crippen molar-refractivity contribution >= 4 is 18.4 Å². The summed E-state index contributed by atoms with van der Waals surface area (Å²) in [6.45, 7) is 1.55. The predicted octanol–water partition coefficient (Wildman–Crippen LogP) is 0.186. The van der Waals surface area contributed by atoms with Crippen molar-refractivity contribution in [1.82, 2.24) is 15.1 Å². The average Bonchev–Trinajstić information content (AvgIpc) is 2.45. The molecular formula is C8H12ClN3O2. The first-order chi connectivity index (χ1) is 6.20. The van der Waals surface area contributed by atoms with E-state index in [1.807, 2.05) is 0 Å². The van der Waals surface area contributed by atoms with Gasteiger partial charge in [-0.05, 0) is 13.0 Å². The van der Waals surface area contributed by atoms with Gasteiger partial charge in [0, 0.05) is 19.2 Å². The minimum absolute atomic E-state index is 0. The van der Waals surface area contributed by atoms with Crippen LogP contribution in [0.3, 0.4) is 0 Å². The molecule has 2 rings (SSSR count). The Hall–Kier alpha value is -1.07. The van der Waals surface area contributed by atoms with Crippen LogP contribution in [0, 0.1) is 0 Å². The number of hydrogen-bond acceptors (Lipinski definition) is 3. The molecule has 0 aliphatic carbocycles. The summed E-state index contributed by atoms with van der Waals surface area (Å²) in [6, 6.07) is 0. The topological polar surface area (TPSA) is 67.2 Å². The van der Waals surface area contributed by atoms with E-state index in [0.717, 1.165) is 24.2 Å². The van der Waals surface area contributed by atoms with E-state index in [-0.39, 0.29) is 18.1 Å². The van der Waals surface area contributed by atoms with E-state index < -0.39 is 5.97 Å². The number of nitrogens with zero attached hydrogens (tertiary/aromatic N) is 2. The summed E-state index contributed by atoms with van der Waals surface area (Å²) in [5.41, 5.74) is 2.08. The van der Waals surface area contributed by atoms with Gasteiger partial charge in [0.1, 0.15) is 0 Å². The fraction of sp³-hybridized carbons (Fsp3) is 0.500. The molecule has 0 amide bonds. The maximum atomic E-state index is 10.8. The number of aryl methyl sites for hydroxylation is 1. The maximum absolute atomic E-state index is 10.8. The molecule has 0 spiro atoms. The van der Waals surface area contributed by atoms with Gasteiger partial charge in [-0.3, -0.25) is 4.68 Å². The normalized spacial score (nSPS) is 14.4.